The molecule has 0 saturated carbocycles. The fraction of sp³-hybridized carbons (Fsp3) is 0.429. The number of hydrogen-bond acceptors (Lipinski definition) is 4. The van der Waals surface area contributed by atoms with E-state index in [0.717, 1.165) is 12.0 Å². The van der Waals surface area contributed by atoms with Crippen LogP contribution in [0.2, 0.25) is 0 Å². The number of nitrogens with zero attached hydrogens (tertiary/aromatic N) is 2. The second kappa shape index (κ2) is 7.33. The molecule has 0 spiro atoms. The van der Waals surface area contributed by atoms with Gasteiger partial charge in [-0.15, -0.1) is 5.92 Å². The average molecular weight is 246 g/mol. The summed E-state index contributed by atoms with van der Waals surface area (Å²) < 4.78 is 10.9. The minimum Gasteiger partial charge on any atom is -0.470 e. The highest BCUT2D eigenvalue weighted by Gasteiger charge is 2.06. The zero-order valence-electron chi connectivity index (χ0n) is 11.1. The Morgan fingerprint density at radius 3 is 2.78 bits per heavy atom. The minimum absolute atomic E-state index is 0.0902. The molecule has 96 valence electrons. The van der Waals surface area contributed by atoms with Gasteiger partial charge in [0.05, 0.1) is 6.07 Å². The largest absolute Gasteiger partial charge is 0.470 e. The van der Waals surface area contributed by atoms with Crippen molar-refractivity contribution >= 4 is 0 Å². The molecule has 0 aromatic carbocycles. The molecule has 1 aromatic rings. The Morgan fingerprint density at radius 1 is 1.39 bits per heavy atom. The van der Waals surface area contributed by atoms with Crippen molar-refractivity contribution in [3.63, 3.8) is 0 Å². The first-order chi connectivity index (χ1) is 8.63. The highest BCUT2D eigenvalue weighted by Crippen LogP contribution is 2.16. The van der Waals surface area contributed by atoms with Crippen LogP contribution in [0.25, 0.3) is 0 Å². The second-order valence-corrected chi connectivity index (χ2v) is 3.80. The molecule has 1 unspecified atom stereocenters. The highest BCUT2D eigenvalue weighted by molar-refractivity contribution is 5.20. The molecule has 0 aliphatic carbocycles. The average Bonchev–Trinajstić information content (AvgIpc) is 2.35. The molecule has 0 saturated heterocycles. The molecule has 0 aliphatic rings. The van der Waals surface area contributed by atoms with Crippen molar-refractivity contribution in [3.05, 3.63) is 24.5 Å². The van der Waals surface area contributed by atoms with E-state index in [1.165, 1.54) is 6.33 Å². The molecule has 0 radical (unpaired) electrons. The van der Waals surface area contributed by atoms with E-state index in [1.54, 1.807) is 6.07 Å². The molecule has 1 atom stereocenters. The summed E-state index contributed by atoms with van der Waals surface area (Å²) in [5, 5.41) is 0. The molecule has 0 aliphatic heterocycles. The van der Waals surface area contributed by atoms with Crippen LogP contribution in [0.3, 0.4) is 0 Å². The van der Waals surface area contributed by atoms with E-state index in [9.17, 15) is 0 Å². The van der Waals surface area contributed by atoms with Gasteiger partial charge in [-0.05, 0) is 19.4 Å². The van der Waals surface area contributed by atoms with Gasteiger partial charge in [0.1, 0.15) is 12.4 Å². The molecule has 4 nitrogen and oxygen atoms in total. The third kappa shape index (κ3) is 4.88. The van der Waals surface area contributed by atoms with Gasteiger partial charge >= 0.3 is 0 Å². The lowest BCUT2D eigenvalue weighted by Gasteiger charge is -2.13. The van der Waals surface area contributed by atoms with E-state index >= 15 is 0 Å². The Labute approximate surface area is 108 Å². The quantitative estimate of drug-likeness (QED) is 0.591. The molecule has 1 rings (SSSR count). The predicted octanol–water partition coefficient (Wildman–Crippen LogP) is 2.61. The molecule has 0 bridgehead atoms. The standard InChI is InChI=1S/C14H18N2O2/c1-5-6-7-8-17-13-9-14(16-10-15-13)18-12(4)11(2)3/h9-10,12H,2,5,8H2,1,3-4H3. The monoisotopic (exact) mass is 246 g/mol. The Morgan fingerprint density at radius 2 is 2.11 bits per heavy atom. The van der Waals surface area contributed by atoms with Crippen LogP contribution in [0.15, 0.2) is 24.5 Å². The van der Waals surface area contributed by atoms with Crippen LogP contribution in [0.1, 0.15) is 27.2 Å². The van der Waals surface area contributed by atoms with Gasteiger partial charge in [-0.25, -0.2) is 9.97 Å². The number of ether oxygens (including phenoxy) is 2. The molecular weight excluding hydrogens is 228 g/mol. The lowest BCUT2D eigenvalue weighted by molar-refractivity contribution is 0.244. The normalized spacial score (nSPS) is 11.1. The summed E-state index contributed by atoms with van der Waals surface area (Å²) in [6.45, 7) is 9.96. The van der Waals surface area contributed by atoms with E-state index in [4.69, 9.17) is 9.47 Å². The molecule has 18 heavy (non-hydrogen) atoms. The zero-order chi connectivity index (χ0) is 13.4. The van der Waals surface area contributed by atoms with E-state index in [0.29, 0.717) is 18.4 Å². The smallest absolute Gasteiger partial charge is 0.221 e. The number of aromatic nitrogens is 2. The molecule has 0 amide bonds. The Balaban J connectivity index is 2.59. The Kier molecular flexibility index (Phi) is 5.72. The van der Waals surface area contributed by atoms with Crippen molar-refractivity contribution in [2.24, 2.45) is 0 Å². The van der Waals surface area contributed by atoms with Crippen molar-refractivity contribution < 1.29 is 9.47 Å². The summed E-state index contributed by atoms with van der Waals surface area (Å²) in [6.07, 6.45) is 2.13. The fourth-order valence-electron chi connectivity index (χ4n) is 1.03. The first-order valence-corrected chi connectivity index (χ1v) is 5.86. The van der Waals surface area contributed by atoms with Crippen molar-refractivity contribution in [1.29, 1.82) is 0 Å². The van der Waals surface area contributed by atoms with Crippen molar-refractivity contribution in [1.82, 2.24) is 9.97 Å². The van der Waals surface area contributed by atoms with Crippen LogP contribution < -0.4 is 9.47 Å². The lowest BCUT2D eigenvalue weighted by atomic mass is 10.2. The topological polar surface area (TPSA) is 44.2 Å². The number of rotatable bonds is 5. The van der Waals surface area contributed by atoms with Gasteiger partial charge in [-0.1, -0.05) is 19.4 Å². The van der Waals surface area contributed by atoms with E-state index in [-0.39, 0.29) is 6.10 Å². The first kappa shape index (κ1) is 14.0. The van der Waals surface area contributed by atoms with Gasteiger partial charge in [0.2, 0.25) is 11.8 Å². The van der Waals surface area contributed by atoms with Gasteiger partial charge in [-0.2, -0.15) is 0 Å². The lowest BCUT2D eigenvalue weighted by Crippen LogP contribution is -2.13. The molecule has 1 heterocycles. The maximum absolute atomic E-state index is 5.58. The molecule has 1 aromatic heterocycles. The second-order valence-electron chi connectivity index (χ2n) is 3.80. The van der Waals surface area contributed by atoms with Crippen molar-refractivity contribution in [2.45, 2.75) is 33.3 Å². The maximum Gasteiger partial charge on any atom is 0.221 e. The summed E-state index contributed by atoms with van der Waals surface area (Å²) in [4.78, 5) is 8.00. The van der Waals surface area contributed by atoms with Crippen LogP contribution in [0.5, 0.6) is 11.8 Å². The third-order valence-corrected chi connectivity index (χ3v) is 2.20. The molecule has 4 heteroatoms. The predicted molar refractivity (Wildman–Crippen MR) is 70.5 cm³/mol. The summed E-state index contributed by atoms with van der Waals surface area (Å²) in [6, 6.07) is 1.65. The van der Waals surface area contributed by atoms with Crippen LogP contribution in [-0.2, 0) is 0 Å². The van der Waals surface area contributed by atoms with Gasteiger partial charge in [-0.3, -0.25) is 0 Å². The van der Waals surface area contributed by atoms with Gasteiger partial charge in [0.25, 0.3) is 0 Å². The summed E-state index contributed by atoms with van der Waals surface area (Å²) >= 11 is 0. The van der Waals surface area contributed by atoms with Crippen LogP contribution in [0.4, 0.5) is 0 Å². The van der Waals surface area contributed by atoms with E-state index in [1.807, 2.05) is 20.8 Å². The Hall–Kier alpha value is -2.02. The van der Waals surface area contributed by atoms with Crippen LogP contribution in [0, 0.1) is 11.8 Å². The van der Waals surface area contributed by atoms with Crippen molar-refractivity contribution in [3.8, 4) is 23.6 Å². The van der Waals surface area contributed by atoms with Crippen LogP contribution in [-0.4, -0.2) is 22.7 Å². The molecular formula is C14H18N2O2. The summed E-state index contributed by atoms with van der Waals surface area (Å²) in [5.74, 6) is 6.72. The first-order valence-electron chi connectivity index (χ1n) is 5.86. The van der Waals surface area contributed by atoms with Crippen molar-refractivity contribution in [2.75, 3.05) is 6.61 Å². The molecule has 0 fully saturated rings. The fourth-order valence-corrected chi connectivity index (χ4v) is 1.03. The third-order valence-electron chi connectivity index (χ3n) is 2.20. The van der Waals surface area contributed by atoms with Gasteiger partial charge in [0.15, 0.2) is 6.61 Å². The van der Waals surface area contributed by atoms with Crippen LogP contribution >= 0.6 is 0 Å². The maximum atomic E-state index is 5.58. The molecule has 0 N–H and O–H groups in total. The van der Waals surface area contributed by atoms with E-state index in [2.05, 4.69) is 28.4 Å². The van der Waals surface area contributed by atoms with Gasteiger partial charge in [0, 0.05) is 6.42 Å². The van der Waals surface area contributed by atoms with Gasteiger partial charge < -0.3 is 9.47 Å². The Bertz CT molecular complexity index is 460. The summed E-state index contributed by atoms with van der Waals surface area (Å²) in [7, 11) is 0. The number of hydrogen-bond donors (Lipinski definition) is 0. The SMILES string of the molecule is C=C(C)C(C)Oc1cc(OCC#CCC)ncn1. The highest BCUT2D eigenvalue weighted by atomic mass is 16.5. The zero-order valence-corrected chi connectivity index (χ0v) is 11.1. The van der Waals surface area contributed by atoms with E-state index < -0.39 is 0 Å². The minimum atomic E-state index is -0.0902. The summed E-state index contributed by atoms with van der Waals surface area (Å²) in [5.41, 5.74) is 0.935.